The molecule has 0 saturated carbocycles. The number of hydrogen-bond acceptors (Lipinski definition) is 4. The number of hydrogen-bond donors (Lipinski definition) is 1. The van der Waals surface area contributed by atoms with E-state index < -0.39 is 5.97 Å². The molecule has 5 heteroatoms. The number of unbranched alkanes of at least 4 members (excludes halogenated alkanes) is 1. The zero-order chi connectivity index (χ0) is 28.7. The normalized spacial score (nSPS) is 16.8. The van der Waals surface area contributed by atoms with Gasteiger partial charge in [-0.25, -0.2) is 0 Å². The van der Waals surface area contributed by atoms with Crippen LogP contribution in [0, 0.1) is 0 Å². The summed E-state index contributed by atoms with van der Waals surface area (Å²) in [6.07, 6.45) is 4.54. The Kier molecular flexibility index (Phi) is 10.8. The molecule has 1 aliphatic rings. The summed E-state index contributed by atoms with van der Waals surface area (Å²) in [6, 6.07) is 14.1. The Morgan fingerprint density at radius 2 is 1.36 bits per heavy atom. The van der Waals surface area contributed by atoms with Gasteiger partial charge in [-0.3, -0.25) is 4.79 Å². The van der Waals surface area contributed by atoms with E-state index in [1.165, 1.54) is 33.4 Å². The van der Waals surface area contributed by atoms with Gasteiger partial charge in [0.15, 0.2) is 0 Å². The standard InChI is InChI=1S/C34H50O5/c1-8-33(5,6)26-13-15-28-27-14-12-25(32(2,3)4)23-29(27)34(30(28)24-26,16-10-9-11-31(35)36)17-18-38-21-22-39-20-19-37-7/h12-15,23-24H,8-11,16-22H2,1-7H3,(H,35,36). The van der Waals surface area contributed by atoms with Crippen molar-refractivity contribution in [2.24, 2.45) is 0 Å². The topological polar surface area (TPSA) is 65.0 Å². The van der Waals surface area contributed by atoms with E-state index in [9.17, 15) is 9.90 Å². The maximum Gasteiger partial charge on any atom is 0.303 e. The number of carbonyl (C=O) groups is 1. The molecule has 0 amide bonds. The summed E-state index contributed by atoms with van der Waals surface area (Å²) in [5, 5.41) is 9.30. The lowest BCUT2D eigenvalue weighted by Gasteiger charge is -2.35. The second kappa shape index (κ2) is 13.4. The van der Waals surface area contributed by atoms with Gasteiger partial charge in [0.25, 0.3) is 0 Å². The predicted octanol–water partition coefficient (Wildman–Crippen LogP) is 7.65. The molecule has 0 spiro atoms. The molecule has 2 aromatic rings. The van der Waals surface area contributed by atoms with Crippen LogP contribution in [0.25, 0.3) is 11.1 Å². The number of ether oxygens (including phenoxy) is 3. The van der Waals surface area contributed by atoms with Gasteiger partial charge in [-0.2, -0.15) is 0 Å². The quantitative estimate of drug-likeness (QED) is 0.222. The molecule has 2 aromatic carbocycles. The van der Waals surface area contributed by atoms with Gasteiger partial charge in [0.1, 0.15) is 0 Å². The molecule has 216 valence electrons. The van der Waals surface area contributed by atoms with Gasteiger partial charge in [-0.15, -0.1) is 0 Å². The minimum Gasteiger partial charge on any atom is -0.481 e. The molecule has 0 saturated heterocycles. The van der Waals surface area contributed by atoms with Crippen LogP contribution < -0.4 is 0 Å². The van der Waals surface area contributed by atoms with Crippen LogP contribution in [0.5, 0.6) is 0 Å². The van der Waals surface area contributed by atoms with Crippen LogP contribution in [0.4, 0.5) is 0 Å². The summed E-state index contributed by atoms with van der Waals surface area (Å²) in [5.41, 5.74) is 7.92. The van der Waals surface area contributed by atoms with E-state index in [0.29, 0.717) is 39.5 Å². The van der Waals surface area contributed by atoms with Gasteiger partial charge in [0.05, 0.1) is 26.4 Å². The van der Waals surface area contributed by atoms with Crippen molar-refractivity contribution < 1.29 is 24.1 Å². The van der Waals surface area contributed by atoms with Crippen LogP contribution in [0.3, 0.4) is 0 Å². The number of carboxylic acids is 1. The molecular formula is C34H50O5. The Balaban J connectivity index is 2.02. The lowest BCUT2D eigenvalue weighted by Crippen LogP contribution is -2.29. The summed E-state index contributed by atoms with van der Waals surface area (Å²) < 4.78 is 16.8. The molecule has 1 N–H and O–H groups in total. The van der Waals surface area contributed by atoms with Crippen molar-refractivity contribution in [1.29, 1.82) is 0 Å². The van der Waals surface area contributed by atoms with Gasteiger partial charge in [-0.05, 0) is 69.9 Å². The van der Waals surface area contributed by atoms with E-state index >= 15 is 0 Å². The molecule has 5 nitrogen and oxygen atoms in total. The Morgan fingerprint density at radius 3 is 1.92 bits per heavy atom. The molecule has 3 rings (SSSR count). The van der Waals surface area contributed by atoms with E-state index in [2.05, 4.69) is 77.9 Å². The van der Waals surface area contributed by atoms with Crippen LogP contribution in [0.2, 0.25) is 0 Å². The molecule has 0 fully saturated rings. The predicted molar refractivity (Wildman–Crippen MR) is 159 cm³/mol. The monoisotopic (exact) mass is 538 g/mol. The van der Waals surface area contributed by atoms with Crippen molar-refractivity contribution in [2.75, 3.05) is 40.1 Å². The summed E-state index contributed by atoms with van der Waals surface area (Å²) in [6.45, 7) is 16.5. The maximum atomic E-state index is 11.3. The van der Waals surface area contributed by atoms with Crippen molar-refractivity contribution >= 4 is 5.97 Å². The lowest BCUT2D eigenvalue weighted by atomic mass is 9.69. The molecule has 0 bridgehead atoms. The third kappa shape index (κ3) is 7.50. The minimum absolute atomic E-state index is 0.0320. The van der Waals surface area contributed by atoms with Crippen molar-refractivity contribution in [3.8, 4) is 11.1 Å². The highest BCUT2D eigenvalue weighted by molar-refractivity contribution is 5.82. The first-order valence-corrected chi connectivity index (χ1v) is 14.6. The molecule has 0 heterocycles. The summed E-state index contributed by atoms with van der Waals surface area (Å²) >= 11 is 0. The fourth-order valence-electron chi connectivity index (χ4n) is 5.66. The second-order valence-corrected chi connectivity index (χ2v) is 12.7. The zero-order valence-electron chi connectivity index (χ0n) is 25.3. The van der Waals surface area contributed by atoms with Crippen molar-refractivity contribution in [2.45, 2.75) is 96.3 Å². The average Bonchev–Trinajstić information content (AvgIpc) is 3.16. The summed E-state index contributed by atoms with van der Waals surface area (Å²) in [4.78, 5) is 11.3. The van der Waals surface area contributed by atoms with Gasteiger partial charge >= 0.3 is 5.97 Å². The molecule has 1 unspecified atom stereocenters. The molecule has 1 aliphatic carbocycles. The summed E-state index contributed by atoms with van der Waals surface area (Å²) in [7, 11) is 1.67. The fourth-order valence-corrected chi connectivity index (χ4v) is 5.66. The minimum atomic E-state index is -0.727. The molecule has 0 aromatic heterocycles. The third-order valence-electron chi connectivity index (χ3n) is 8.61. The molecular weight excluding hydrogens is 488 g/mol. The van der Waals surface area contributed by atoms with E-state index in [1.54, 1.807) is 7.11 Å². The molecule has 1 atom stereocenters. The van der Waals surface area contributed by atoms with Crippen LogP contribution in [0.15, 0.2) is 36.4 Å². The fraction of sp³-hybridized carbons (Fsp3) is 0.618. The number of benzene rings is 2. The van der Waals surface area contributed by atoms with E-state index in [0.717, 1.165) is 25.7 Å². The Bertz CT molecular complexity index is 1100. The first-order valence-electron chi connectivity index (χ1n) is 14.6. The van der Waals surface area contributed by atoms with Crippen molar-refractivity contribution in [3.05, 3.63) is 58.7 Å². The summed E-state index contributed by atoms with van der Waals surface area (Å²) in [5.74, 6) is -0.727. The van der Waals surface area contributed by atoms with Crippen LogP contribution in [-0.4, -0.2) is 51.2 Å². The molecule has 39 heavy (non-hydrogen) atoms. The smallest absolute Gasteiger partial charge is 0.303 e. The van der Waals surface area contributed by atoms with Gasteiger partial charge in [0.2, 0.25) is 0 Å². The van der Waals surface area contributed by atoms with Crippen LogP contribution >= 0.6 is 0 Å². The first kappa shape index (κ1) is 31.3. The highest BCUT2D eigenvalue weighted by atomic mass is 16.5. The Morgan fingerprint density at radius 1 is 0.795 bits per heavy atom. The number of rotatable bonds is 16. The third-order valence-corrected chi connectivity index (χ3v) is 8.61. The van der Waals surface area contributed by atoms with Crippen molar-refractivity contribution in [3.63, 3.8) is 0 Å². The molecule has 0 radical (unpaired) electrons. The van der Waals surface area contributed by atoms with Crippen LogP contribution in [-0.2, 0) is 35.3 Å². The van der Waals surface area contributed by atoms with Gasteiger partial charge < -0.3 is 19.3 Å². The number of aliphatic carboxylic acids is 1. The van der Waals surface area contributed by atoms with E-state index in [-0.39, 0.29) is 22.7 Å². The number of carboxylic acid groups (broad SMARTS) is 1. The molecule has 0 aliphatic heterocycles. The highest BCUT2D eigenvalue weighted by Crippen LogP contribution is 2.55. The number of fused-ring (bicyclic) bond motifs is 3. The van der Waals surface area contributed by atoms with E-state index in [4.69, 9.17) is 14.2 Å². The Labute approximate surface area is 236 Å². The second-order valence-electron chi connectivity index (χ2n) is 12.7. The van der Waals surface area contributed by atoms with Crippen molar-refractivity contribution in [1.82, 2.24) is 0 Å². The Hall–Kier alpha value is -2.21. The zero-order valence-corrected chi connectivity index (χ0v) is 25.3. The van der Waals surface area contributed by atoms with E-state index in [1.807, 2.05) is 0 Å². The van der Waals surface area contributed by atoms with Gasteiger partial charge in [0, 0.05) is 25.6 Å². The number of methoxy groups -OCH3 is 1. The van der Waals surface area contributed by atoms with Crippen LogP contribution in [0.1, 0.15) is 102 Å². The largest absolute Gasteiger partial charge is 0.481 e. The lowest BCUT2D eigenvalue weighted by molar-refractivity contribution is -0.137. The first-order chi connectivity index (χ1) is 18.5. The SMILES string of the molecule is CCC(C)(C)c1ccc2c(c1)C(CCCCC(=O)O)(CCOCCOCCOC)c1cc(C(C)(C)C)ccc1-2. The maximum absolute atomic E-state index is 11.3. The van der Waals surface area contributed by atoms with Gasteiger partial charge in [-0.1, -0.05) is 84.4 Å². The average molecular weight is 539 g/mol. The highest BCUT2D eigenvalue weighted by Gasteiger charge is 2.43.